The lowest BCUT2D eigenvalue weighted by atomic mass is 10.3. The molecule has 6 heteroatoms. The van der Waals surface area contributed by atoms with Gasteiger partial charge in [-0.1, -0.05) is 0 Å². The molecule has 0 unspecified atom stereocenters. The minimum atomic E-state index is -6.00. The van der Waals surface area contributed by atoms with Crippen molar-refractivity contribution >= 4 is 31.2 Å². The fraction of sp³-hybridized carbons (Fsp3) is 0. The van der Waals surface area contributed by atoms with Gasteiger partial charge in [-0.05, 0) is 0 Å². The minimum absolute atomic E-state index is 0. The summed E-state index contributed by atoms with van der Waals surface area (Å²) in [6.07, 6.45) is 0. The highest BCUT2D eigenvalue weighted by molar-refractivity contribution is 14.0. The van der Waals surface area contributed by atoms with Gasteiger partial charge in [0.2, 0.25) is 0 Å². The van der Waals surface area contributed by atoms with E-state index in [1.807, 2.05) is 0 Å². The molecule has 0 aromatic heterocycles. The van der Waals surface area contributed by atoms with Crippen molar-refractivity contribution in [1.82, 2.24) is 0 Å². The fourth-order valence-electron chi connectivity index (χ4n) is 0. The smallest absolute Gasteiger partial charge is 0.418 e. The Morgan fingerprint density at radius 3 is 0.833 bits per heavy atom. The average molecular weight is 215 g/mol. The van der Waals surface area contributed by atoms with Crippen molar-refractivity contribution < 1.29 is 17.3 Å². The van der Waals surface area contributed by atoms with E-state index >= 15 is 0 Å². The Bertz CT molecular complexity index is 23.0. The molecular weight excluding hydrogens is 214 g/mol. The highest BCUT2D eigenvalue weighted by Crippen LogP contribution is 2.06. The van der Waals surface area contributed by atoms with Gasteiger partial charge in [-0.2, -0.15) is 0 Å². The highest BCUT2D eigenvalue weighted by Gasteiger charge is 2.20. The minimum Gasteiger partial charge on any atom is -0.418 e. The first-order valence-corrected chi connectivity index (χ1v) is 0.873. The van der Waals surface area contributed by atoms with E-state index in [0.29, 0.717) is 0 Å². The summed E-state index contributed by atoms with van der Waals surface area (Å²) < 4.78 is 39.0. The average Bonchev–Trinajstić information content (AvgIpc) is 0.722. The fourth-order valence-corrected chi connectivity index (χ4v) is 0. The van der Waals surface area contributed by atoms with Crippen LogP contribution in [0.1, 0.15) is 0 Å². The van der Waals surface area contributed by atoms with Crippen LogP contribution in [0.2, 0.25) is 0 Å². The molecule has 0 radical (unpaired) electrons. The van der Waals surface area contributed by atoms with Crippen LogP contribution >= 0.6 is 24.0 Å². The normalized spacial score (nSPS) is 10.0. The molecule has 0 fully saturated rings. The molecule has 6 heavy (non-hydrogen) atoms. The molecule has 0 aromatic carbocycles. The third-order valence-electron chi connectivity index (χ3n) is 0. The first-order chi connectivity index (χ1) is 2.00. The summed E-state index contributed by atoms with van der Waals surface area (Å²) in [5.74, 6) is 0. The molecule has 0 atom stereocenters. The summed E-state index contributed by atoms with van der Waals surface area (Å²) >= 11 is 0. The third kappa shape index (κ3) is 210. The van der Waals surface area contributed by atoms with Gasteiger partial charge < -0.3 is 17.3 Å². The Morgan fingerprint density at radius 2 is 0.833 bits per heavy atom. The van der Waals surface area contributed by atoms with E-state index in [9.17, 15) is 17.3 Å². The second-order valence-electron chi connectivity index (χ2n) is 0.495. The van der Waals surface area contributed by atoms with Crippen molar-refractivity contribution in [3.63, 3.8) is 0 Å². The summed E-state index contributed by atoms with van der Waals surface area (Å²) in [5, 5.41) is 0. The molecule has 40 valence electrons. The van der Waals surface area contributed by atoms with E-state index in [1.54, 1.807) is 0 Å². The monoisotopic (exact) mass is 215 g/mol. The Morgan fingerprint density at radius 1 is 0.833 bits per heavy atom. The molecule has 0 saturated carbocycles. The maximum atomic E-state index is 9.75. The van der Waals surface area contributed by atoms with Gasteiger partial charge in [0.15, 0.2) is 0 Å². The first-order valence-electron chi connectivity index (χ1n) is 0.873. The van der Waals surface area contributed by atoms with E-state index in [0.717, 1.165) is 0 Å². The zero-order chi connectivity index (χ0) is 4.50. The second kappa shape index (κ2) is 2.65. The van der Waals surface area contributed by atoms with Crippen molar-refractivity contribution in [3.05, 3.63) is 0 Å². The maximum Gasteiger partial charge on any atom is 0.673 e. The van der Waals surface area contributed by atoms with Gasteiger partial charge >= 0.3 is 7.25 Å². The Kier molecular flexibility index (Phi) is 4.29. The topological polar surface area (TPSA) is 0 Å². The second-order valence-corrected chi connectivity index (χ2v) is 0.495. The Hall–Kier alpha value is 0.515. The van der Waals surface area contributed by atoms with Crippen molar-refractivity contribution in [1.29, 1.82) is 0 Å². The van der Waals surface area contributed by atoms with Crippen molar-refractivity contribution in [2.24, 2.45) is 0 Å². The van der Waals surface area contributed by atoms with Gasteiger partial charge in [-0.15, -0.1) is 24.0 Å². The largest absolute Gasteiger partial charge is 0.673 e. The van der Waals surface area contributed by atoms with Crippen molar-refractivity contribution in [2.75, 3.05) is 0 Å². The lowest BCUT2D eigenvalue weighted by Gasteiger charge is -1.94. The van der Waals surface area contributed by atoms with E-state index in [2.05, 4.69) is 0 Å². The summed E-state index contributed by atoms with van der Waals surface area (Å²) in [6, 6.07) is 0. The van der Waals surface area contributed by atoms with Crippen LogP contribution in [0.5, 0.6) is 0 Å². The zero-order valence-electron chi connectivity index (χ0n) is 2.50. The van der Waals surface area contributed by atoms with Crippen LogP contribution in [-0.2, 0) is 0 Å². The molecular formula is HBF4I-. The standard InChI is InChI=1S/BF4.HI/c2-1(3,4)5;/h;1H/q-1;. The lowest BCUT2D eigenvalue weighted by Crippen LogP contribution is -2.02. The predicted octanol–water partition coefficient (Wildman–Crippen LogP) is 1.92. The van der Waals surface area contributed by atoms with Crippen molar-refractivity contribution in [2.45, 2.75) is 0 Å². The van der Waals surface area contributed by atoms with E-state index in [4.69, 9.17) is 0 Å². The van der Waals surface area contributed by atoms with E-state index in [1.165, 1.54) is 0 Å². The summed E-state index contributed by atoms with van der Waals surface area (Å²) in [5.41, 5.74) is 0. The number of halogens is 5. The molecule has 0 heterocycles. The predicted molar refractivity (Wildman–Crippen MR) is 25.6 cm³/mol. The molecule has 0 amide bonds. The van der Waals surface area contributed by atoms with E-state index < -0.39 is 7.25 Å². The molecule has 0 N–H and O–H groups in total. The molecule has 0 aliphatic rings. The number of hydrogen-bond acceptors (Lipinski definition) is 0. The SMILES string of the molecule is F[B-](F)(F)F.I. The van der Waals surface area contributed by atoms with Crippen LogP contribution in [0.3, 0.4) is 0 Å². The first kappa shape index (κ1) is 9.72. The molecule has 0 aliphatic carbocycles. The van der Waals surface area contributed by atoms with Gasteiger partial charge in [-0.3, -0.25) is 0 Å². The maximum absolute atomic E-state index is 9.75. The highest BCUT2D eigenvalue weighted by atomic mass is 127. The van der Waals surface area contributed by atoms with Crippen LogP contribution in [0, 0.1) is 0 Å². The van der Waals surface area contributed by atoms with Gasteiger partial charge in [-0.25, -0.2) is 0 Å². The van der Waals surface area contributed by atoms with Crippen LogP contribution in [0.15, 0.2) is 0 Å². The Balaban J connectivity index is 0. The van der Waals surface area contributed by atoms with Gasteiger partial charge in [0, 0.05) is 0 Å². The van der Waals surface area contributed by atoms with Crippen LogP contribution < -0.4 is 0 Å². The molecule has 0 spiro atoms. The molecule has 0 bridgehead atoms. The number of hydrogen-bond donors (Lipinski definition) is 0. The number of rotatable bonds is 0. The molecule has 0 rings (SSSR count). The van der Waals surface area contributed by atoms with Gasteiger partial charge in [0.1, 0.15) is 0 Å². The summed E-state index contributed by atoms with van der Waals surface area (Å²) in [7, 11) is -6.00. The van der Waals surface area contributed by atoms with Crippen LogP contribution in [0.25, 0.3) is 0 Å². The molecule has 0 nitrogen and oxygen atoms in total. The van der Waals surface area contributed by atoms with Crippen LogP contribution in [0.4, 0.5) is 17.3 Å². The molecule has 0 aliphatic heterocycles. The molecule has 0 saturated heterocycles. The third-order valence-corrected chi connectivity index (χ3v) is 0. The summed E-state index contributed by atoms with van der Waals surface area (Å²) in [4.78, 5) is 0. The Labute approximate surface area is 49.0 Å². The lowest BCUT2D eigenvalue weighted by molar-refractivity contribution is 0.368. The molecule has 0 aromatic rings. The van der Waals surface area contributed by atoms with Gasteiger partial charge in [0.25, 0.3) is 0 Å². The van der Waals surface area contributed by atoms with E-state index in [-0.39, 0.29) is 24.0 Å². The van der Waals surface area contributed by atoms with Gasteiger partial charge in [0.05, 0.1) is 0 Å². The van der Waals surface area contributed by atoms with Crippen LogP contribution in [-0.4, -0.2) is 7.25 Å². The summed E-state index contributed by atoms with van der Waals surface area (Å²) in [6.45, 7) is 0. The quantitative estimate of drug-likeness (QED) is 0.328. The van der Waals surface area contributed by atoms with Crippen molar-refractivity contribution in [3.8, 4) is 0 Å². The zero-order valence-corrected chi connectivity index (χ0v) is 4.83.